The quantitative estimate of drug-likeness (QED) is 0.557. The summed E-state index contributed by atoms with van der Waals surface area (Å²) in [6, 6.07) is 4.18. The van der Waals surface area contributed by atoms with Crippen LogP contribution in [0.25, 0.3) is 0 Å². The van der Waals surface area contributed by atoms with Crippen molar-refractivity contribution in [1.29, 1.82) is 0 Å². The Bertz CT molecular complexity index is 409. The van der Waals surface area contributed by atoms with Gasteiger partial charge in [0.2, 0.25) is 0 Å². The average molecular weight is 258 g/mol. The summed E-state index contributed by atoms with van der Waals surface area (Å²) in [7, 11) is 0. The monoisotopic (exact) mass is 258 g/mol. The molecule has 94 valence electrons. The molecular formula is C12H15FO3S. The fourth-order valence-electron chi connectivity index (χ4n) is 1.55. The molecule has 1 aromatic carbocycles. The number of halogens is 1. The van der Waals surface area contributed by atoms with Crippen LogP contribution in [0.15, 0.2) is 18.2 Å². The summed E-state index contributed by atoms with van der Waals surface area (Å²) in [6.45, 7) is 1.25. The maximum atomic E-state index is 13.9. The predicted octanol–water partition coefficient (Wildman–Crippen LogP) is 1.74. The number of hydrogen-bond acceptors (Lipinski definition) is 4. The third-order valence-corrected chi connectivity index (χ3v) is 2.77. The molecule has 0 saturated carbocycles. The molecule has 0 fully saturated rings. The Hall–Kier alpha value is -0.910. The van der Waals surface area contributed by atoms with Gasteiger partial charge in [0.05, 0.1) is 11.7 Å². The highest BCUT2D eigenvalue weighted by Crippen LogP contribution is 2.24. The van der Waals surface area contributed by atoms with Crippen LogP contribution in [0.4, 0.5) is 4.39 Å². The van der Waals surface area contributed by atoms with E-state index in [1.807, 2.05) is 0 Å². The zero-order valence-corrected chi connectivity index (χ0v) is 10.3. The van der Waals surface area contributed by atoms with Crippen LogP contribution >= 0.6 is 12.6 Å². The summed E-state index contributed by atoms with van der Waals surface area (Å²) in [5.74, 6) is -0.808. The second-order valence-corrected chi connectivity index (χ2v) is 4.24. The number of Topliss-reactive ketones (excluding diaryl/α,β-unsaturated/α-hetero) is 1. The van der Waals surface area contributed by atoms with Crippen molar-refractivity contribution in [2.24, 2.45) is 0 Å². The first-order valence-electron chi connectivity index (χ1n) is 5.25. The number of thiol groups is 1. The van der Waals surface area contributed by atoms with Crippen molar-refractivity contribution in [1.82, 2.24) is 0 Å². The number of rotatable bonds is 5. The smallest absolute Gasteiger partial charge is 0.162 e. The number of aliphatic hydroxyl groups excluding tert-OH is 2. The molecule has 17 heavy (non-hydrogen) atoms. The zero-order chi connectivity index (χ0) is 13.0. The van der Waals surface area contributed by atoms with E-state index in [9.17, 15) is 19.4 Å². The van der Waals surface area contributed by atoms with E-state index in [0.717, 1.165) is 0 Å². The summed E-state index contributed by atoms with van der Waals surface area (Å²) >= 11 is 3.93. The summed E-state index contributed by atoms with van der Waals surface area (Å²) in [4.78, 5) is 11.1. The van der Waals surface area contributed by atoms with Crippen LogP contribution in [-0.4, -0.2) is 27.9 Å². The first-order valence-corrected chi connectivity index (χ1v) is 5.88. The van der Waals surface area contributed by atoms with Gasteiger partial charge in [0.25, 0.3) is 0 Å². The molecule has 3 nitrogen and oxygen atoms in total. The maximum Gasteiger partial charge on any atom is 0.162 e. The Morgan fingerprint density at radius 1 is 1.47 bits per heavy atom. The van der Waals surface area contributed by atoms with Crippen molar-refractivity contribution in [2.45, 2.75) is 25.6 Å². The van der Waals surface area contributed by atoms with Gasteiger partial charge in [0.1, 0.15) is 11.9 Å². The number of aliphatic hydroxyl groups is 2. The third-order valence-electron chi connectivity index (χ3n) is 2.52. The molecule has 2 unspecified atom stereocenters. The molecule has 5 heteroatoms. The van der Waals surface area contributed by atoms with Gasteiger partial charge in [-0.25, -0.2) is 4.39 Å². The van der Waals surface area contributed by atoms with Gasteiger partial charge in [-0.2, -0.15) is 12.6 Å². The normalized spacial score (nSPS) is 14.4. The molecule has 0 spiro atoms. The van der Waals surface area contributed by atoms with Gasteiger partial charge in [-0.1, -0.05) is 12.1 Å². The van der Waals surface area contributed by atoms with Crippen LogP contribution in [0, 0.1) is 5.82 Å². The Kier molecular flexibility index (Phi) is 5.11. The van der Waals surface area contributed by atoms with E-state index in [-0.39, 0.29) is 17.5 Å². The standard InChI is InChI=1S/C12H15FO3S/c1-7(14)8-3-2-4-9(11(8)13)12(16)10(15)5-6-17/h2-4,10,12,15-17H,5-6H2,1H3. The molecule has 0 radical (unpaired) electrons. The second kappa shape index (κ2) is 6.14. The SMILES string of the molecule is CC(=O)c1cccc(C(O)C(O)CCS)c1F. The van der Waals surface area contributed by atoms with Gasteiger partial charge in [0.15, 0.2) is 5.78 Å². The molecule has 2 atom stereocenters. The van der Waals surface area contributed by atoms with E-state index in [2.05, 4.69) is 12.6 Å². The van der Waals surface area contributed by atoms with Gasteiger partial charge in [-0.15, -0.1) is 0 Å². The summed E-state index contributed by atoms with van der Waals surface area (Å²) in [5.41, 5.74) is -0.147. The van der Waals surface area contributed by atoms with Crippen molar-refractivity contribution < 1.29 is 19.4 Å². The van der Waals surface area contributed by atoms with E-state index in [0.29, 0.717) is 5.75 Å². The van der Waals surface area contributed by atoms with Crippen molar-refractivity contribution in [3.8, 4) is 0 Å². The minimum absolute atomic E-state index is 0.0630. The first-order chi connectivity index (χ1) is 7.99. The number of benzene rings is 1. The number of hydrogen-bond donors (Lipinski definition) is 3. The van der Waals surface area contributed by atoms with Gasteiger partial charge < -0.3 is 10.2 Å². The molecule has 1 rings (SSSR count). The van der Waals surface area contributed by atoms with E-state index in [4.69, 9.17) is 0 Å². The highest BCUT2D eigenvalue weighted by atomic mass is 32.1. The maximum absolute atomic E-state index is 13.9. The highest BCUT2D eigenvalue weighted by molar-refractivity contribution is 7.80. The Morgan fingerprint density at radius 2 is 2.12 bits per heavy atom. The van der Waals surface area contributed by atoms with Gasteiger partial charge >= 0.3 is 0 Å². The number of carbonyl (C=O) groups excluding carboxylic acids is 1. The van der Waals surface area contributed by atoms with Crippen LogP contribution in [0.1, 0.15) is 35.4 Å². The molecule has 0 saturated heterocycles. The lowest BCUT2D eigenvalue weighted by molar-refractivity contribution is 0.0151. The molecule has 0 amide bonds. The van der Waals surface area contributed by atoms with Crippen LogP contribution < -0.4 is 0 Å². The minimum atomic E-state index is -1.35. The van der Waals surface area contributed by atoms with Crippen molar-refractivity contribution in [2.75, 3.05) is 5.75 Å². The fourth-order valence-corrected chi connectivity index (χ4v) is 1.81. The van der Waals surface area contributed by atoms with Crippen LogP contribution in [0.5, 0.6) is 0 Å². The highest BCUT2D eigenvalue weighted by Gasteiger charge is 2.23. The first kappa shape index (κ1) is 14.2. The van der Waals surface area contributed by atoms with E-state index >= 15 is 0 Å². The van der Waals surface area contributed by atoms with Gasteiger partial charge in [-0.05, 0) is 25.2 Å². The number of ketones is 1. The van der Waals surface area contributed by atoms with Crippen LogP contribution in [-0.2, 0) is 0 Å². The molecule has 1 aromatic rings. The van der Waals surface area contributed by atoms with Crippen LogP contribution in [0.3, 0.4) is 0 Å². The number of carbonyl (C=O) groups is 1. The topological polar surface area (TPSA) is 57.5 Å². The molecule has 0 aliphatic heterocycles. The molecule has 0 bridgehead atoms. The molecular weight excluding hydrogens is 243 g/mol. The summed E-state index contributed by atoms with van der Waals surface area (Å²) < 4.78 is 13.9. The van der Waals surface area contributed by atoms with E-state index < -0.39 is 23.8 Å². The van der Waals surface area contributed by atoms with Crippen molar-refractivity contribution in [3.63, 3.8) is 0 Å². The molecule has 0 heterocycles. The fraction of sp³-hybridized carbons (Fsp3) is 0.417. The van der Waals surface area contributed by atoms with Crippen molar-refractivity contribution in [3.05, 3.63) is 35.1 Å². The molecule has 0 aliphatic carbocycles. The lowest BCUT2D eigenvalue weighted by Gasteiger charge is -2.18. The minimum Gasteiger partial charge on any atom is -0.390 e. The molecule has 2 N–H and O–H groups in total. The predicted molar refractivity (Wildman–Crippen MR) is 65.8 cm³/mol. The van der Waals surface area contributed by atoms with Gasteiger partial charge in [0, 0.05) is 5.56 Å². The second-order valence-electron chi connectivity index (χ2n) is 3.79. The Labute approximate surface area is 105 Å². The summed E-state index contributed by atoms with van der Waals surface area (Å²) in [6.07, 6.45) is -2.20. The van der Waals surface area contributed by atoms with Crippen molar-refractivity contribution >= 4 is 18.4 Å². The molecule has 0 aliphatic rings. The van der Waals surface area contributed by atoms with E-state index in [1.165, 1.54) is 25.1 Å². The molecule has 0 aromatic heterocycles. The lowest BCUT2D eigenvalue weighted by atomic mass is 9.98. The Morgan fingerprint density at radius 3 is 2.65 bits per heavy atom. The Balaban J connectivity index is 3.06. The average Bonchev–Trinajstić information content (AvgIpc) is 2.28. The van der Waals surface area contributed by atoms with Gasteiger partial charge in [-0.3, -0.25) is 4.79 Å². The van der Waals surface area contributed by atoms with E-state index in [1.54, 1.807) is 0 Å². The largest absolute Gasteiger partial charge is 0.390 e. The van der Waals surface area contributed by atoms with Crippen LogP contribution in [0.2, 0.25) is 0 Å². The summed E-state index contributed by atoms with van der Waals surface area (Å²) in [5, 5.41) is 19.3. The third kappa shape index (κ3) is 3.28. The lowest BCUT2D eigenvalue weighted by Crippen LogP contribution is -2.20. The zero-order valence-electron chi connectivity index (χ0n) is 9.43.